The number of likely N-dealkylation sites (tertiary alicyclic amines) is 1. The van der Waals surface area contributed by atoms with Crippen LogP contribution in [0.5, 0.6) is 0 Å². The molecular formula is C21H26FN3O3S. The number of hydrogen-bond donors (Lipinski definition) is 2. The number of carbonyl (C=O) groups is 1. The molecular weight excluding hydrogens is 393 g/mol. The minimum absolute atomic E-state index is 0.0252. The minimum Gasteiger partial charge on any atom is -0.352 e. The number of carbonyl (C=O) groups excluding carboxylic acids is 1. The number of benzene rings is 2. The second-order valence-corrected chi connectivity index (χ2v) is 8.83. The van der Waals surface area contributed by atoms with Crippen molar-refractivity contribution in [3.63, 3.8) is 0 Å². The molecule has 0 aliphatic carbocycles. The van der Waals surface area contributed by atoms with Crippen molar-refractivity contribution < 1.29 is 17.6 Å². The van der Waals surface area contributed by atoms with Gasteiger partial charge in [0.1, 0.15) is 5.82 Å². The van der Waals surface area contributed by atoms with Crippen LogP contribution in [0.3, 0.4) is 0 Å². The van der Waals surface area contributed by atoms with Crippen molar-refractivity contribution in [3.8, 4) is 0 Å². The van der Waals surface area contributed by atoms with E-state index in [-0.39, 0.29) is 22.1 Å². The topological polar surface area (TPSA) is 78.5 Å². The highest BCUT2D eigenvalue weighted by molar-refractivity contribution is 7.92. The van der Waals surface area contributed by atoms with E-state index in [2.05, 4.69) is 14.9 Å². The van der Waals surface area contributed by atoms with Crippen molar-refractivity contribution >= 4 is 21.6 Å². The first kappa shape index (κ1) is 21.3. The van der Waals surface area contributed by atoms with Gasteiger partial charge in [-0.1, -0.05) is 12.5 Å². The summed E-state index contributed by atoms with van der Waals surface area (Å²) in [6.45, 7) is 3.74. The lowest BCUT2D eigenvalue weighted by atomic mass is 10.1. The molecule has 1 aliphatic heterocycles. The lowest BCUT2D eigenvalue weighted by molar-refractivity contribution is 0.0951. The Kier molecular flexibility index (Phi) is 7.22. The van der Waals surface area contributed by atoms with Crippen molar-refractivity contribution in [2.24, 2.45) is 0 Å². The van der Waals surface area contributed by atoms with Gasteiger partial charge in [-0.05, 0) is 81.4 Å². The molecule has 0 atom stereocenters. The van der Waals surface area contributed by atoms with Crippen molar-refractivity contribution in [2.75, 3.05) is 30.9 Å². The van der Waals surface area contributed by atoms with E-state index in [4.69, 9.17) is 0 Å². The monoisotopic (exact) mass is 419 g/mol. The fourth-order valence-corrected chi connectivity index (χ4v) is 4.43. The Bertz CT molecular complexity index is 926. The van der Waals surface area contributed by atoms with E-state index in [1.54, 1.807) is 6.07 Å². The molecule has 0 spiro atoms. The van der Waals surface area contributed by atoms with E-state index < -0.39 is 15.8 Å². The normalized spacial score (nSPS) is 15.1. The van der Waals surface area contributed by atoms with E-state index >= 15 is 0 Å². The van der Waals surface area contributed by atoms with Gasteiger partial charge in [-0.15, -0.1) is 0 Å². The first-order valence-electron chi connectivity index (χ1n) is 9.83. The molecule has 156 valence electrons. The molecule has 2 aromatic carbocycles. The summed E-state index contributed by atoms with van der Waals surface area (Å²) in [6.07, 6.45) is 4.62. The second kappa shape index (κ2) is 9.84. The van der Waals surface area contributed by atoms with Gasteiger partial charge in [-0.25, -0.2) is 12.8 Å². The molecule has 0 saturated carbocycles. The van der Waals surface area contributed by atoms with Crippen molar-refractivity contribution in [2.45, 2.75) is 30.6 Å². The number of amides is 1. The summed E-state index contributed by atoms with van der Waals surface area (Å²) in [7, 11) is -3.88. The van der Waals surface area contributed by atoms with Gasteiger partial charge in [0.25, 0.3) is 15.9 Å². The zero-order chi connectivity index (χ0) is 20.7. The van der Waals surface area contributed by atoms with Gasteiger partial charge in [-0.2, -0.15) is 0 Å². The summed E-state index contributed by atoms with van der Waals surface area (Å²) in [5.74, 6) is -0.755. The molecule has 8 heteroatoms. The Morgan fingerprint density at radius 3 is 2.48 bits per heavy atom. The van der Waals surface area contributed by atoms with Crippen molar-refractivity contribution in [1.29, 1.82) is 0 Å². The molecule has 0 aromatic heterocycles. The first-order chi connectivity index (χ1) is 13.9. The minimum atomic E-state index is -3.88. The number of hydrogen-bond acceptors (Lipinski definition) is 4. The van der Waals surface area contributed by atoms with Crippen LogP contribution in [-0.2, 0) is 10.0 Å². The third-order valence-corrected chi connectivity index (χ3v) is 6.27. The quantitative estimate of drug-likeness (QED) is 0.644. The van der Waals surface area contributed by atoms with Crippen LogP contribution < -0.4 is 10.0 Å². The molecule has 2 aromatic rings. The number of nitrogens with one attached hydrogen (secondary N) is 2. The van der Waals surface area contributed by atoms with Crippen molar-refractivity contribution in [3.05, 3.63) is 59.9 Å². The molecule has 1 fully saturated rings. The maximum atomic E-state index is 13.0. The Morgan fingerprint density at radius 2 is 1.76 bits per heavy atom. The van der Waals surface area contributed by atoms with E-state index in [1.165, 1.54) is 61.7 Å². The third kappa shape index (κ3) is 6.27. The second-order valence-electron chi connectivity index (χ2n) is 7.15. The van der Waals surface area contributed by atoms with E-state index in [1.807, 2.05) is 0 Å². The van der Waals surface area contributed by atoms with Crippen LogP contribution in [0.15, 0.2) is 53.4 Å². The van der Waals surface area contributed by atoms with Gasteiger partial charge < -0.3 is 10.2 Å². The number of nitrogens with zero attached hydrogens (tertiary/aromatic N) is 1. The van der Waals surface area contributed by atoms with Gasteiger partial charge in [0.15, 0.2) is 0 Å². The van der Waals surface area contributed by atoms with E-state index in [9.17, 15) is 17.6 Å². The van der Waals surface area contributed by atoms with Gasteiger partial charge in [0.2, 0.25) is 0 Å². The zero-order valence-corrected chi connectivity index (χ0v) is 17.1. The molecule has 1 amide bonds. The maximum absolute atomic E-state index is 13.0. The zero-order valence-electron chi connectivity index (χ0n) is 16.2. The number of anilines is 1. The predicted octanol–water partition coefficient (Wildman–Crippen LogP) is 3.23. The van der Waals surface area contributed by atoms with Crippen LogP contribution in [-0.4, -0.2) is 45.4 Å². The third-order valence-electron chi connectivity index (χ3n) is 4.89. The molecule has 0 radical (unpaired) electrons. The van der Waals surface area contributed by atoms with Crippen LogP contribution in [0.2, 0.25) is 0 Å². The summed E-state index contributed by atoms with van der Waals surface area (Å²) in [5, 5.41) is 2.85. The average molecular weight is 420 g/mol. The Balaban J connectivity index is 1.56. The van der Waals surface area contributed by atoms with E-state index in [0.29, 0.717) is 6.54 Å². The highest BCUT2D eigenvalue weighted by Gasteiger charge is 2.17. The molecule has 1 saturated heterocycles. The Labute approximate surface area is 171 Å². The molecule has 1 heterocycles. The van der Waals surface area contributed by atoms with Gasteiger partial charge in [-0.3, -0.25) is 9.52 Å². The molecule has 29 heavy (non-hydrogen) atoms. The Hall–Kier alpha value is -2.45. The fraction of sp³-hybridized carbons (Fsp3) is 0.381. The smallest absolute Gasteiger partial charge is 0.261 e. The van der Waals surface area contributed by atoms with Crippen molar-refractivity contribution in [1.82, 2.24) is 10.2 Å². The van der Waals surface area contributed by atoms with Crippen LogP contribution in [0.1, 0.15) is 36.0 Å². The fourth-order valence-electron chi connectivity index (χ4n) is 3.33. The molecule has 6 nitrogen and oxygen atoms in total. The number of sulfonamides is 1. The van der Waals surface area contributed by atoms with Gasteiger partial charge in [0.05, 0.1) is 4.90 Å². The highest BCUT2D eigenvalue weighted by Crippen LogP contribution is 2.17. The number of halogens is 1. The van der Waals surface area contributed by atoms with E-state index in [0.717, 1.165) is 26.1 Å². The lowest BCUT2D eigenvalue weighted by Gasteiger charge is -2.26. The summed E-state index contributed by atoms with van der Waals surface area (Å²) in [5.41, 5.74) is 0.531. The summed E-state index contributed by atoms with van der Waals surface area (Å²) in [4.78, 5) is 14.8. The standard InChI is InChI=1S/C21H26FN3O3S/c22-18-8-10-19(11-9-18)24-29(27,28)20-7-4-6-17(16-20)21(26)23-12-5-15-25-13-2-1-3-14-25/h4,6-11,16,24H,1-3,5,12-15H2,(H,23,26). The molecule has 0 unspecified atom stereocenters. The van der Waals surface area contributed by atoms with Gasteiger partial charge >= 0.3 is 0 Å². The summed E-state index contributed by atoms with van der Waals surface area (Å²) < 4.78 is 40.5. The number of piperidine rings is 1. The van der Waals surface area contributed by atoms with Crippen LogP contribution in [0.4, 0.5) is 10.1 Å². The summed E-state index contributed by atoms with van der Waals surface area (Å²) in [6, 6.07) is 10.9. The highest BCUT2D eigenvalue weighted by atomic mass is 32.2. The molecule has 0 bridgehead atoms. The lowest BCUT2D eigenvalue weighted by Crippen LogP contribution is -2.33. The van der Waals surface area contributed by atoms with Crippen LogP contribution in [0.25, 0.3) is 0 Å². The van der Waals surface area contributed by atoms with Crippen LogP contribution >= 0.6 is 0 Å². The molecule has 3 rings (SSSR count). The van der Waals surface area contributed by atoms with Crippen LogP contribution in [0, 0.1) is 5.82 Å². The summed E-state index contributed by atoms with van der Waals surface area (Å²) >= 11 is 0. The first-order valence-corrected chi connectivity index (χ1v) is 11.3. The average Bonchev–Trinajstić information content (AvgIpc) is 2.73. The maximum Gasteiger partial charge on any atom is 0.261 e. The van der Waals surface area contributed by atoms with Gasteiger partial charge in [0, 0.05) is 17.8 Å². The SMILES string of the molecule is O=C(NCCCN1CCCCC1)c1cccc(S(=O)(=O)Nc2ccc(F)cc2)c1. The molecule has 1 aliphatic rings. The Morgan fingerprint density at radius 1 is 1.03 bits per heavy atom. The molecule has 2 N–H and O–H groups in total. The largest absolute Gasteiger partial charge is 0.352 e. The predicted molar refractivity (Wildman–Crippen MR) is 111 cm³/mol. The number of rotatable bonds is 8.